The molecule has 2 aliphatic rings. The Kier molecular flexibility index (Phi) is 6.86. The van der Waals surface area contributed by atoms with Gasteiger partial charge in [-0.05, 0) is 60.9 Å². The third-order valence-corrected chi connectivity index (χ3v) is 6.58. The second kappa shape index (κ2) is 9.81. The molecule has 0 spiro atoms. The molecule has 4 rings (SSSR count). The van der Waals surface area contributed by atoms with Crippen LogP contribution in [0, 0.1) is 5.92 Å². The summed E-state index contributed by atoms with van der Waals surface area (Å²) < 4.78 is 38.2. The van der Waals surface area contributed by atoms with Crippen molar-refractivity contribution in [1.82, 2.24) is 10.2 Å². The lowest BCUT2D eigenvalue weighted by Crippen LogP contribution is -2.49. The first kappa shape index (κ1) is 23.1. The Morgan fingerprint density at radius 2 is 1.58 bits per heavy atom. The van der Waals surface area contributed by atoms with Crippen molar-refractivity contribution >= 4 is 17.9 Å². The van der Waals surface area contributed by atoms with Gasteiger partial charge in [-0.15, -0.1) is 0 Å². The van der Waals surface area contributed by atoms with E-state index in [4.69, 9.17) is 0 Å². The van der Waals surface area contributed by atoms with E-state index in [0.717, 1.165) is 23.3 Å². The maximum absolute atomic E-state index is 12.8. The number of nitrogens with zero attached hydrogens (tertiary/aromatic N) is 1. The highest BCUT2D eigenvalue weighted by molar-refractivity contribution is 5.91. The lowest BCUT2D eigenvalue weighted by molar-refractivity contribution is -0.140. The molecule has 2 aromatic carbocycles. The Balaban J connectivity index is 1.19. The number of likely N-dealkylation sites (tertiary alicyclic amines) is 1. The maximum Gasteiger partial charge on any atom is 0.416 e. The minimum Gasteiger partial charge on any atom is -0.350 e. The molecule has 33 heavy (non-hydrogen) atoms. The van der Waals surface area contributed by atoms with E-state index in [1.54, 1.807) is 6.08 Å². The van der Waals surface area contributed by atoms with Crippen LogP contribution in [0.15, 0.2) is 60.7 Å². The molecule has 174 valence electrons. The molecule has 1 aliphatic heterocycles. The van der Waals surface area contributed by atoms with E-state index < -0.39 is 11.7 Å². The van der Waals surface area contributed by atoms with Gasteiger partial charge in [0.25, 0.3) is 0 Å². The van der Waals surface area contributed by atoms with Crippen molar-refractivity contribution in [1.29, 1.82) is 0 Å². The van der Waals surface area contributed by atoms with E-state index in [0.29, 0.717) is 38.8 Å². The SMILES string of the molecule is O=C(/C=C/c1ccccc1)NC1CCN(C(=O)C2CC(c3ccc(C(F)(F)F)cc3)C2)CC1. The number of carbonyl (C=O) groups is 2. The molecular weight excluding hydrogens is 429 g/mol. The zero-order valence-electron chi connectivity index (χ0n) is 18.2. The van der Waals surface area contributed by atoms with Crippen molar-refractivity contribution in [3.05, 3.63) is 77.4 Å². The number of nitrogens with one attached hydrogen (secondary N) is 1. The zero-order valence-corrected chi connectivity index (χ0v) is 18.2. The predicted molar refractivity (Wildman–Crippen MR) is 120 cm³/mol. The van der Waals surface area contributed by atoms with Crippen LogP contribution in [0.3, 0.4) is 0 Å². The predicted octanol–water partition coefficient (Wildman–Crippen LogP) is 5.02. The number of carbonyl (C=O) groups excluding carboxylic acids is 2. The highest BCUT2D eigenvalue weighted by Gasteiger charge is 2.39. The topological polar surface area (TPSA) is 49.4 Å². The molecule has 1 heterocycles. The van der Waals surface area contributed by atoms with Crippen molar-refractivity contribution in [3.63, 3.8) is 0 Å². The molecule has 0 bridgehead atoms. The van der Waals surface area contributed by atoms with E-state index in [-0.39, 0.29) is 29.7 Å². The molecule has 0 unspecified atom stereocenters. The van der Waals surface area contributed by atoms with E-state index in [9.17, 15) is 22.8 Å². The van der Waals surface area contributed by atoms with E-state index in [1.807, 2.05) is 35.2 Å². The number of halogens is 3. The molecule has 0 radical (unpaired) electrons. The van der Waals surface area contributed by atoms with Gasteiger partial charge < -0.3 is 10.2 Å². The normalized spacial score (nSPS) is 21.6. The first-order valence-corrected chi connectivity index (χ1v) is 11.3. The van der Waals surface area contributed by atoms with Gasteiger partial charge in [-0.3, -0.25) is 9.59 Å². The standard InChI is InChI=1S/C26H27F3N2O2/c27-26(28,29)22-9-7-19(8-10-22)20-16-21(17-20)25(33)31-14-12-23(13-15-31)30-24(32)11-6-18-4-2-1-3-5-18/h1-11,20-21,23H,12-17H2,(H,30,32)/b11-6+. The summed E-state index contributed by atoms with van der Waals surface area (Å²) in [5, 5.41) is 3.01. The summed E-state index contributed by atoms with van der Waals surface area (Å²) in [5.74, 6) is 0.0422. The minimum atomic E-state index is -4.33. The molecule has 2 fully saturated rings. The monoisotopic (exact) mass is 456 g/mol. The van der Waals surface area contributed by atoms with Gasteiger partial charge in [0.2, 0.25) is 11.8 Å². The Hall–Kier alpha value is -3.09. The van der Waals surface area contributed by atoms with Gasteiger partial charge in [-0.1, -0.05) is 42.5 Å². The molecule has 7 heteroatoms. The van der Waals surface area contributed by atoms with Gasteiger partial charge in [-0.2, -0.15) is 13.2 Å². The summed E-state index contributed by atoms with van der Waals surface area (Å²) in [7, 11) is 0. The number of piperidine rings is 1. The smallest absolute Gasteiger partial charge is 0.350 e. The van der Waals surface area contributed by atoms with E-state index in [2.05, 4.69) is 5.32 Å². The van der Waals surface area contributed by atoms with Gasteiger partial charge in [0, 0.05) is 31.1 Å². The number of rotatable bonds is 5. The van der Waals surface area contributed by atoms with Crippen LogP contribution in [0.5, 0.6) is 0 Å². The van der Waals surface area contributed by atoms with Crippen LogP contribution in [-0.2, 0) is 15.8 Å². The lowest BCUT2D eigenvalue weighted by Gasteiger charge is -2.40. The number of benzene rings is 2. The van der Waals surface area contributed by atoms with Crippen LogP contribution in [-0.4, -0.2) is 35.8 Å². The second-order valence-electron chi connectivity index (χ2n) is 8.84. The number of alkyl halides is 3. The first-order chi connectivity index (χ1) is 15.8. The molecule has 2 aromatic rings. The number of amides is 2. The van der Waals surface area contributed by atoms with Crippen LogP contribution < -0.4 is 5.32 Å². The Bertz CT molecular complexity index is 988. The molecule has 1 saturated heterocycles. The minimum absolute atomic E-state index is 0.0447. The van der Waals surface area contributed by atoms with Gasteiger partial charge in [0.05, 0.1) is 5.56 Å². The molecule has 0 aromatic heterocycles. The quantitative estimate of drug-likeness (QED) is 0.643. The molecule has 0 atom stereocenters. The van der Waals surface area contributed by atoms with Crippen molar-refractivity contribution in [2.45, 2.75) is 43.8 Å². The van der Waals surface area contributed by atoms with Gasteiger partial charge in [0.15, 0.2) is 0 Å². The fourth-order valence-electron chi connectivity index (χ4n) is 4.52. The summed E-state index contributed by atoms with van der Waals surface area (Å²) in [4.78, 5) is 26.8. The molecule has 1 aliphatic carbocycles. The van der Waals surface area contributed by atoms with Crippen molar-refractivity contribution in [2.75, 3.05) is 13.1 Å². The summed E-state index contributed by atoms with van der Waals surface area (Å²) in [6, 6.07) is 14.9. The van der Waals surface area contributed by atoms with Crippen LogP contribution in [0.2, 0.25) is 0 Å². The summed E-state index contributed by atoms with van der Waals surface area (Å²) in [6.45, 7) is 1.21. The highest BCUT2D eigenvalue weighted by atomic mass is 19.4. The molecule has 1 N–H and O–H groups in total. The third-order valence-electron chi connectivity index (χ3n) is 6.58. The highest BCUT2D eigenvalue weighted by Crippen LogP contribution is 2.43. The lowest BCUT2D eigenvalue weighted by atomic mass is 9.70. The average Bonchev–Trinajstić information content (AvgIpc) is 2.77. The fraction of sp³-hybridized carbons (Fsp3) is 0.385. The third kappa shape index (κ3) is 5.83. The van der Waals surface area contributed by atoms with Crippen LogP contribution in [0.1, 0.15) is 48.3 Å². The van der Waals surface area contributed by atoms with Crippen molar-refractivity contribution in [3.8, 4) is 0 Å². The average molecular weight is 457 g/mol. The summed E-state index contributed by atoms with van der Waals surface area (Å²) in [6.07, 6.45) is 1.74. The van der Waals surface area contributed by atoms with Crippen molar-refractivity contribution < 1.29 is 22.8 Å². The second-order valence-corrected chi connectivity index (χ2v) is 8.84. The Labute approximate surface area is 191 Å². The summed E-state index contributed by atoms with van der Waals surface area (Å²) in [5.41, 5.74) is 1.17. The fourth-order valence-corrected chi connectivity index (χ4v) is 4.52. The maximum atomic E-state index is 12.8. The van der Waals surface area contributed by atoms with Crippen LogP contribution in [0.4, 0.5) is 13.2 Å². The molecule has 2 amide bonds. The first-order valence-electron chi connectivity index (χ1n) is 11.3. The zero-order chi connectivity index (χ0) is 23.4. The summed E-state index contributed by atoms with van der Waals surface area (Å²) >= 11 is 0. The van der Waals surface area contributed by atoms with E-state index >= 15 is 0 Å². The van der Waals surface area contributed by atoms with Gasteiger partial charge in [0.1, 0.15) is 0 Å². The number of hydrogen-bond donors (Lipinski definition) is 1. The van der Waals surface area contributed by atoms with Crippen molar-refractivity contribution in [2.24, 2.45) is 5.92 Å². The largest absolute Gasteiger partial charge is 0.416 e. The Morgan fingerprint density at radius 3 is 2.18 bits per heavy atom. The van der Waals surface area contributed by atoms with Crippen LogP contribution >= 0.6 is 0 Å². The van der Waals surface area contributed by atoms with E-state index in [1.165, 1.54) is 18.2 Å². The van der Waals surface area contributed by atoms with Gasteiger partial charge >= 0.3 is 6.18 Å². The van der Waals surface area contributed by atoms with Crippen LogP contribution in [0.25, 0.3) is 6.08 Å². The molecule has 1 saturated carbocycles. The van der Waals surface area contributed by atoms with Gasteiger partial charge in [-0.25, -0.2) is 0 Å². The molecule has 4 nitrogen and oxygen atoms in total. The molecular formula is C26H27F3N2O2. The Morgan fingerprint density at radius 1 is 0.939 bits per heavy atom. The number of hydrogen-bond acceptors (Lipinski definition) is 2.